The van der Waals surface area contributed by atoms with Gasteiger partial charge in [-0.15, -0.1) is 0 Å². The molecular formula is C8H18N2. The fourth-order valence-corrected chi connectivity index (χ4v) is 1.74. The van der Waals surface area contributed by atoms with Crippen molar-refractivity contribution < 1.29 is 0 Å². The van der Waals surface area contributed by atoms with E-state index in [1.54, 1.807) is 0 Å². The molecular weight excluding hydrogens is 124 g/mol. The Morgan fingerprint density at radius 2 is 2.20 bits per heavy atom. The molecule has 1 saturated carbocycles. The van der Waals surface area contributed by atoms with E-state index >= 15 is 0 Å². The van der Waals surface area contributed by atoms with Gasteiger partial charge in [-0.25, -0.2) is 0 Å². The maximum atomic E-state index is 6.08. The molecule has 0 amide bonds. The molecule has 1 aliphatic carbocycles. The highest BCUT2D eigenvalue weighted by atomic mass is 14.8. The van der Waals surface area contributed by atoms with Gasteiger partial charge < -0.3 is 11.5 Å². The average Bonchev–Trinajstić information content (AvgIpc) is 1.96. The Hall–Kier alpha value is -0.0800. The Morgan fingerprint density at radius 3 is 2.60 bits per heavy atom. The minimum absolute atomic E-state index is 0.0434. The number of hydrogen-bond acceptors (Lipinski definition) is 2. The number of hydrogen-bond donors (Lipinski definition) is 2. The van der Waals surface area contributed by atoms with Crippen LogP contribution in [0.3, 0.4) is 0 Å². The minimum atomic E-state index is -0.0434. The van der Waals surface area contributed by atoms with Gasteiger partial charge in [0.05, 0.1) is 0 Å². The van der Waals surface area contributed by atoms with E-state index in [2.05, 4.69) is 6.92 Å². The normalized spacial score (nSPS) is 41.7. The zero-order valence-corrected chi connectivity index (χ0v) is 6.77. The second-order valence-electron chi connectivity index (χ2n) is 3.58. The van der Waals surface area contributed by atoms with Gasteiger partial charge >= 0.3 is 0 Å². The van der Waals surface area contributed by atoms with Crippen molar-refractivity contribution in [2.75, 3.05) is 6.54 Å². The minimum Gasteiger partial charge on any atom is -0.329 e. The molecule has 2 nitrogen and oxygen atoms in total. The van der Waals surface area contributed by atoms with Crippen molar-refractivity contribution in [1.29, 1.82) is 0 Å². The Kier molecular flexibility index (Phi) is 2.32. The number of nitrogens with two attached hydrogens (primary N) is 2. The topological polar surface area (TPSA) is 52.0 Å². The van der Waals surface area contributed by atoms with Crippen LogP contribution in [0.4, 0.5) is 0 Å². The van der Waals surface area contributed by atoms with Gasteiger partial charge in [0.15, 0.2) is 0 Å². The fourth-order valence-electron chi connectivity index (χ4n) is 1.74. The summed E-state index contributed by atoms with van der Waals surface area (Å²) in [6, 6.07) is 0. The van der Waals surface area contributed by atoms with Crippen LogP contribution in [-0.4, -0.2) is 12.1 Å². The molecule has 10 heavy (non-hydrogen) atoms. The van der Waals surface area contributed by atoms with Crippen LogP contribution in [0.1, 0.15) is 32.6 Å². The van der Waals surface area contributed by atoms with Crippen LogP contribution in [0.5, 0.6) is 0 Å². The lowest BCUT2D eigenvalue weighted by Crippen LogP contribution is -2.53. The SMILES string of the molecule is CC1CCCCC1(N)CN. The van der Waals surface area contributed by atoms with Crippen molar-refractivity contribution >= 4 is 0 Å². The molecule has 0 heterocycles. The average molecular weight is 142 g/mol. The summed E-state index contributed by atoms with van der Waals surface area (Å²) in [6.45, 7) is 2.86. The lowest BCUT2D eigenvalue weighted by molar-refractivity contribution is 0.212. The Bertz CT molecular complexity index is 114. The van der Waals surface area contributed by atoms with Gasteiger partial charge in [-0.3, -0.25) is 0 Å². The molecule has 0 spiro atoms. The van der Waals surface area contributed by atoms with E-state index in [4.69, 9.17) is 11.5 Å². The second-order valence-corrected chi connectivity index (χ2v) is 3.58. The van der Waals surface area contributed by atoms with Crippen molar-refractivity contribution in [2.24, 2.45) is 17.4 Å². The van der Waals surface area contributed by atoms with Crippen molar-refractivity contribution in [1.82, 2.24) is 0 Å². The van der Waals surface area contributed by atoms with Gasteiger partial charge in [0, 0.05) is 12.1 Å². The molecule has 1 aliphatic rings. The molecule has 0 aromatic carbocycles. The molecule has 1 rings (SSSR count). The Labute approximate surface area is 63.0 Å². The van der Waals surface area contributed by atoms with Gasteiger partial charge in [-0.1, -0.05) is 19.8 Å². The highest BCUT2D eigenvalue weighted by Crippen LogP contribution is 2.30. The molecule has 60 valence electrons. The van der Waals surface area contributed by atoms with E-state index in [0.29, 0.717) is 12.5 Å². The van der Waals surface area contributed by atoms with E-state index in [-0.39, 0.29) is 5.54 Å². The molecule has 1 fully saturated rings. The standard InChI is InChI=1S/C8H18N2/c1-7-4-2-3-5-8(7,10)6-9/h7H,2-6,9-10H2,1H3. The van der Waals surface area contributed by atoms with Crippen LogP contribution in [0, 0.1) is 5.92 Å². The van der Waals surface area contributed by atoms with Crippen molar-refractivity contribution in [3.63, 3.8) is 0 Å². The summed E-state index contributed by atoms with van der Waals surface area (Å²) < 4.78 is 0. The maximum absolute atomic E-state index is 6.08. The smallest absolute Gasteiger partial charge is 0.0304 e. The largest absolute Gasteiger partial charge is 0.329 e. The fraction of sp³-hybridized carbons (Fsp3) is 1.00. The highest BCUT2D eigenvalue weighted by Gasteiger charge is 2.32. The molecule has 4 N–H and O–H groups in total. The molecule has 2 atom stereocenters. The second kappa shape index (κ2) is 2.89. The van der Waals surface area contributed by atoms with Crippen LogP contribution in [0.25, 0.3) is 0 Å². The van der Waals surface area contributed by atoms with Gasteiger partial charge in [-0.05, 0) is 18.8 Å². The van der Waals surface area contributed by atoms with E-state index < -0.39 is 0 Å². The maximum Gasteiger partial charge on any atom is 0.0304 e. The zero-order valence-electron chi connectivity index (χ0n) is 6.77. The summed E-state index contributed by atoms with van der Waals surface area (Å²) in [5.41, 5.74) is 11.6. The first kappa shape index (κ1) is 8.02. The molecule has 2 heteroatoms. The van der Waals surface area contributed by atoms with Gasteiger partial charge in [-0.2, -0.15) is 0 Å². The first-order chi connectivity index (χ1) is 4.69. The molecule has 0 saturated heterocycles. The zero-order chi connectivity index (χ0) is 7.61. The van der Waals surface area contributed by atoms with Gasteiger partial charge in [0.25, 0.3) is 0 Å². The predicted molar refractivity (Wildman–Crippen MR) is 43.6 cm³/mol. The van der Waals surface area contributed by atoms with Crippen LogP contribution in [0.2, 0.25) is 0 Å². The third kappa shape index (κ3) is 1.32. The monoisotopic (exact) mass is 142 g/mol. The summed E-state index contributed by atoms with van der Waals surface area (Å²) in [5, 5.41) is 0. The summed E-state index contributed by atoms with van der Waals surface area (Å²) >= 11 is 0. The first-order valence-electron chi connectivity index (χ1n) is 4.18. The Morgan fingerprint density at radius 1 is 1.50 bits per heavy atom. The molecule has 0 aliphatic heterocycles. The molecule has 0 aromatic heterocycles. The molecule has 0 aromatic rings. The lowest BCUT2D eigenvalue weighted by Gasteiger charge is -2.38. The Balaban J connectivity index is 2.54. The molecule has 0 radical (unpaired) electrons. The van der Waals surface area contributed by atoms with E-state index in [0.717, 1.165) is 6.42 Å². The van der Waals surface area contributed by atoms with Crippen molar-refractivity contribution in [2.45, 2.75) is 38.1 Å². The van der Waals surface area contributed by atoms with E-state index in [9.17, 15) is 0 Å². The van der Waals surface area contributed by atoms with Crippen LogP contribution in [0.15, 0.2) is 0 Å². The van der Waals surface area contributed by atoms with Gasteiger partial charge in [0.1, 0.15) is 0 Å². The van der Waals surface area contributed by atoms with Crippen LogP contribution >= 0.6 is 0 Å². The van der Waals surface area contributed by atoms with Crippen LogP contribution < -0.4 is 11.5 Å². The third-order valence-corrected chi connectivity index (χ3v) is 2.89. The summed E-state index contributed by atoms with van der Waals surface area (Å²) in [5.74, 6) is 0.617. The molecule has 2 unspecified atom stereocenters. The quantitative estimate of drug-likeness (QED) is 0.570. The third-order valence-electron chi connectivity index (χ3n) is 2.89. The van der Waals surface area contributed by atoms with Crippen molar-refractivity contribution in [3.8, 4) is 0 Å². The first-order valence-corrected chi connectivity index (χ1v) is 4.18. The summed E-state index contributed by atoms with van der Waals surface area (Å²) in [6.07, 6.45) is 4.97. The van der Waals surface area contributed by atoms with Crippen molar-refractivity contribution in [3.05, 3.63) is 0 Å². The van der Waals surface area contributed by atoms with E-state index in [1.807, 2.05) is 0 Å². The highest BCUT2D eigenvalue weighted by molar-refractivity contribution is 4.92. The van der Waals surface area contributed by atoms with Crippen LogP contribution in [-0.2, 0) is 0 Å². The predicted octanol–water partition coefficient (Wildman–Crippen LogP) is 0.853. The number of rotatable bonds is 1. The molecule has 0 bridgehead atoms. The summed E-state index contributed by atoms with van der Waals surface area (Å²) in [4.78, 5) is 0. The summed E-state index contributed by atoms with van der Waals surface area (Å²) in [7, 11) is 0. The lowest BCUT2D eigenvalue weighted by atomic mass is 9.74. The van der Waals surface area contributed by atoms with E-state index in [1.165, 1.54) is 19.3 Å². The van der Waals surface area contributed by atoms with Gasteiger partial charge in [0.2, 0.25) is 0 Å².